The molecule has 2 aliphatic rings. The Kier molecular flexibility index (Phi) is 5.21. The van der Waals surface area contributed by atoms with Crippen molar-refractivity contribution >= 4 is 0 Å². The molecule has 0 heterocycles. The second-order valence-electron chi connectivity index (χ2n) is 8.07. The van der Waals surface area contributed by atoms with Crippen LogP contribution in [0.25, 0.3) is 0 Å². The number of hydrogen-bond acceptors (Lipinski definition) is 2. The fourth-order valence-electron chi connectivity index (χ4n) is 4.54. The van der Waals surface area contributed by atoms with E-state index in [0.29, 0.717) is 23.5 Å². The van der Waals surface area contributed by atoms with Crippen LogP contribution in [0.3, 0.4) is 0 Å². The van der Waals surface area contributed by atoms with Gasteiger partial charge in [0.2, 0.25) is 0 Å². The van der Waals surface area contributed by atoms with Crippen molar-refractivity contribution < 1.29 is 10.2 Å². The molecule has 0 spiro atoms. The first-order chi connectivity index (χ1) is 10.3. The van der Waals surface area contributed by atoms with Gasteiger partial charge in [0.25, 0.3) is 0 Å². The van der Waals surface area contributed by atoms with Crippen LogP contribution in [0.4, 0.5) is 0 Å². The summed E-state index contributed by atoms with van der Waals surface area (Å²) in [7, 11) is 0. The molecule has 0 aromatic carbocycles. The molecule has 2 aliphatic carbocycles. The monoisotopic (exact) mass is 304 g/mol. The average molecular weight is 304 g/mol. The highest BCUT2D eigenvalue weighted by Gasteiger charge is 2.49. The number of aliphatic hydroxyl groups excluding tert-OH is 2. The Labute approximate surface area is 135 Å². The van der Waals surface area contributed by atoms with Crippen molar-refractivity contribution in [3.8, 4) is 0 Å². The van der Waals surface area contributed by atoms with Crippen LogP contribution in [0.2, 0.25) is 0 Å². The van der Waals surface area contributed by atoms with E-state index in [1.54, 1.807) is 0 Å². The van der Waals surface area contributed by atoms with Crippen LogP contribution in [0, 0.1) is 16.7 Å². The Morgan fingerprint density at radius 2 is 2.14 bits per heavy atom. The molecule has 0 aromatic heterocycles. The molecule has 2 heteroatoms. The van der Waals surface area contributed by atoms with Gasteiger partial charge in [0.1, 0.15) is 0 Å². The van der Waals surface area contributed by atoms with Crippen LogP contribution in [0.15, 0.2) is 35.6 Å². The van der Waals surface area contributed by atoms with Crippen molar-refractivity contribution in [3.63, 3.8) is 0 Å². The summed E-state index contributed by atoms with van der Waals surface area (Å²) in [5.74, 6) is 1.11. The molecule has 0 amide bonds. The van der Waals surface area contributed by atoms with Gasteiger partial charge in [0.15, 0.2) is 0 Å². The average Bonchev–Trinajstić information content (AvgIpc) is 2.68. The predicted octanol–water partition coefficient (Wildman–Crippen LogP) is 5.31. The van der Waals surface area contributed by atoms with Gasteiger partial charge in [-0.1, -0.05) is 45.9 Å². The summed E-state index contributed by atoms with van der Waals surface area (Å²) in [4.78, 5) is 0. The molecule has 2 nitrogen and oxygen atoms in total. The molecule has 0 aliphatic heterocycles. The summed E-state index contributed by atoms with van der Waals surface area (Å²) in [6.07, 6.45) is 13.7. The summed E-state index contributed by atoms with van der Waals surface area (Å²) in [6, 6.07) is 0. The normalized spacial score (nSPS) is 34.8. The number of rotatable bonds is 5. The lowest BCUT2D eigenvalue weighted by Crippen LogP contribution is -2.27. The molecule has 3 atom stereocenters. The third kappa shape index (κ3) is 3.65. The Morgan fingerprint density at radius 3 is 2.64 bits per heavy atom. The van der Waals surface area contributed by atoms with E-state index < -0.39 is 0 Å². The maximum Gasteiger partial charge on any atom is 0.0883 e. The Balaban J connectivity index is 2.30. The van der Waals surface area contributed by atoms with Gasteiger partial charge in [-0.05, 0) is 55.1 Å². The Bertz CT molecular complexity index is 484. The van der Waals surface area contributed by atoms with Crippen LogP contribution in [0.5, 0.6) is 0 Å². The van der Waals surface area contributed by atoms with Gasteiger partial charge >= 0.3 is 0 Å². The first-order valence-corrected chi connectivity index (χ1v) is 8.74. The quantitative estimate of drug-likeness (QED) is 0.676. The number of aliphatic hydroxyl groups is 2. The van der Waals surface area contributed by atoms with E-state index in [1.807, 2.05) is 12.2 Å². The second kappa shape index (κ2) is 6.62. The van der Waals surface area contributed by atoms with Crippen molar-refractivity contribution in [3.05, 3.63) is 35.6 Å². The molecule has 0 bridgehead atoms. The van der Waals surface area contributed by atoms with Crippen molar-refractivity contribution in [2.45, 2.75) is 72.3 Å². The van der Waals surface area contributed by atoms with Gasteiger partial charge in [-0.2, -0.15) is 0 Å². The highest BCUT2D eigenvalue weighted by atomic mass is 16.3. The molecule has 0 saturated heterocycles. The van der Waals surface area contributed by atoms with Crippen molar-refractivity contribution in [1.82, 2.24) is 0 Å². The third-order valence-corrected chi connectivity index (χ3v) is 5.46. The maximum atomic E-state index is 10.1. The molecular formula is C20H32O2. The van der Waals surface area contributed by atoms with Gasteiger partial charge in [-0.25, -0.2) is 0 Å². The van der Waals surface area contributed by atoms with Gasteiger partial charge in [-0.15, -0.1) is 0 Å². The van der Waals surface area contributed by atoms with Crippen LogP contribution in [-0.2, 0) is 0 Å². The highest BCUT2D eigenvalue weighted by Crippen LogP contribution is 2.59. The van der Waals surface area contributed by atoms with Gasteiger partial charge in [0, 0.05) is 11.8 Å². The number of hydrogen-bond donors (Lipinski definition) is 2. The fourth-order valence-corrected chi connectivity index (χ4v) is 4.54. The molecule has 22 heavy (non-hydrogen) atoms. The zero-order valence-electron chi connectivity index (χ0n) is 14.6. The lowest BCUT2D eigenvalue weighted by molar-refractivity contribution is 0.218. The summed E-state index contributed by atoms with van der Waals surface area (Å²) in [5.41, 5.74) is 1.79. The van der Waals surface area contributed by atoms with Crippen molar-refractivity contribution in [2.75, 3.05) is 0 Å². The van der Waals surface area contributed by atoms with Gasteiger partial charge in [-0.3, -0.25) is 0 Å². The molecule has 2 N–H and O–H groups in total. The van der Waals surface area contributed by atoms with E-state index in [4.69, 9.17) is 0 Å². The Hall–Kier alpha value is -1.02. The zero-order chi connectivity index (χ0) is 16.4. The summed E-state index contributed by atoms with van der Waals surface area (Å²) < 4.78 is 0. The molecule has 124 valence electrons. The molecule has 1 fully saturated rings. The van der Waals surface area contributed by atoms with Crippen LogP contribution in [0.1, 0.15) is 66.2 Å². The number of allylic oxidation sites excluding steroid dienone is 4. The zero-order valence-corrected chi connectivity index (χ0v) is 14.6. The molecule has 0 radical (unpaired) electrons. The lowest BCUT2D eigenvalue weighted by Gasteiger charge is -2.37. The van der Waals surface area contributed by atoms with E-state index >= 15 is 0 Å². The maximum absolute atomic E-state index is 10.1. The van der Waals surface area contributed by atoms with E-state index in [0.717, 1.165) is 25.7 Å². The fraction of sp³-hybridized carbons (Fsp3) is 0.700. The predicted molar refractivity (Wildman–Crippen MR) is 92.7 cm³/mol. The smallest absolute Gasteiger partial charge is 0.0883 e. The Morgan fingerprint density at radius 1 is 1.41 bits per heavy atom. The van der Waals surface area contributed by atoms with E-state index in [2.05, 4.69) is 39.8 Å². The van der Waals surface area contributed by atoms with Crippen LogP contribution < -0.4 is 0 Å². The minimum atomic E-state index is -0.338. The minimum absolute atomic E-state index is 0.0991. The van der Waals surface area contributed by atoms with Crippen LogP contribution >= 0.6 is 0 Å². The first kappa shape index (κ1) is 17.3. The highest BCUT2D eigenvalue weighted by molar-refractivity contribution is 5.34. The molecule has 0 aromatic rings. The minimum Gasteiger partial charge on any atom is -0.513 e. The molecule has 1 saturated carbocycles. The summed E-state index contributed by atoms with van der Waals surface area (Å²) >= 11 is 0. The first-order valence-electron chi connectivity index (χ1n) is 8.74. The molecular weight excluding hydrogens is 272 g/mol. The SMILES string of the molecule is CCC/C(O)=C\C[C@@]1(C2=CCC(O)C=C2)CC(C)(C)CC1C. The van der Waals surface area contributed by atoms with Crippen molar-refractivity contribution in [1.29, 1.82) is 0 Å². The summed E-state index contributed by atoms with van der Waals surface area (Å²) in [5, 5.41) is 19.8. The summed E-state index contributed by atoms with van der Waals surface area (Å²) in [6.45, 7) is 9.14. The van der Waals surface area contributed by atoms with E-state index in [-0.39, 0.29) is 11.5 Å². The molecule has 2 rings (SSSR count). The van der Waals surface area contributed by atoms with Crippen LogP contribution in [-0.4, -0.2) is 16.3 Å². The topological polar surface area (TPSA) is 40.5 Å². The standard InChI is InChI=1S/C20H32O2/c1-5-6-17(21)11-12-20(14-19(3,4)13-15(20)2)16-7-9-18(22)10-8-16/h7-9,11,15,18,21-22H,5-6,10,12-14H2,1-4H3/b17-11+/t15?,18?,20-/m1/s1. The largest absolute Gasteiger partial charge is 0.513 e. The van der Waals surface area contributed by atoms with E-state index in [1.165, 1.54) is 12.0 Å². The van der Waals surface area contributed by atoms with Gasteiger partial charge in [0.05, 0.1) is 11.9 Å². The van der Waals surface area contributed by atoms with Crippen molar-refractivity contribution in [2.24, 2.45) is 16.7 Å². The van der Waals surface area contributed by atoms with E-state index in [9.17, 15) is 10.2 Å². The molecule has 2 unspecified atom stereocenters. The third-order valence-electron chi connectivity index (χ3n) is 5.46. The second-order valence-corrected chi connectivity index (χ2v) is 8.07. The van der Waals surface area contributed by atoms with Gasteiger partial charge < -0.3 is 10.2 Å². The lowest BCUT2D eigenvalue weighted by atomic mass is 9.67.